The Bertz CT molecular complexity index is 8.00. The van der Waals surface area contributed by atoms with Crippen LogP contribution >= 0.6 is 12.4 Å². The molecule has 0 aromatic heterocycles. The molecule has 0 saturated heterocycles. The van der Waals surface area contributed by atoms with Crippen LogP contribution in [0.1, 0.15) is 0 Å². The summed E-state index contributed by atoms with van der Waals surface area (Å²) in [5, 5.41) is 0. The van der Waals surface area contributed by atoms with Crippen LogP contribution in [-0.4, -0.2) is 46.7 Å². The van der Waals surface area contributed by atoms with E-state index in [4.69, 9.17) is 0 Å². The van der Waals surface area contributed by atoms with E-state index in [1.54, 1.807) is 0 Å². The van der Waals surface area contributed by atoms with E-state index in [1.165, 1.54) is 0 Å². The van der Waals surface area contributed by atoms with Gasteiger partial charge in [-0.15, -0.1) is 12.4 Å². The fraction of sp³-hybridized carbons (Fsp3) is 0. The quantitative estimate of drug-likeness (QED) is 0.391. The Morgan fingerprint density at radius 1 is 1.00 bits per heavy atom. The molecule has 0 aromatic carbocycles. The molecule has 0 aromatic rings. The van der Waals surface area contributed by atoms with Crippen molar-refractivity contribution >= 4 is 53.7 Å². The molecule has 0 heterocycles. The van der Waals surface area contributed by atoms with Gasteiger partial charge in [-0.3, -0.25) is 0 Å². The zero-order valence-electron chi connectivity index (χ0n) is 1.62. The van der Waals surface area contributed by atoms with Crippen molar-refractivity contribution in [3.63, 3.8) is 0 Å². The molecule has 2 radical (unpaired) electrons. The molecule has 28 valence electrons. The third-order valence-corrected chi connectivity index (χ3v) is 0. The first-order chi connectivity index (χ1) is 0. The fourth-order valence-electron chi connectivity index (χ4n) is 0. The van der Waals surface area contributed by atoms with Gasteiger partial charge in [0, 0.05) is 0 Å². The van der Waals surface area contributed by atoms with Crippen LogP contribution in [0.5, 0.6) is 0 Å². The van der Waals surface area contributed by atoms with E-state index in [2.05, 4.69) is 0 Å². The van der Waals surface area contributed by atoms with Crippen molar-refractivity contribution in [3.8, 4) is 0 Å². The van der Waals surface area contributed by atoms with Gasteiger partial charge in [-0.2, -0.15) is 0 Å². The molecule has 0 aliphatic heterocycles. The van der Waals surface area contributed by atoms with Crippen molar-refractivity contribution in [2.24, 2.45) is 0 Å². The Balaban J connectivity index is 0. The number of hydrogen-bond acceptors (Lipinski definition) is 0. The predicted octanol–water partition coefficient (Wildman–Crippen LogP) is -2.50. The summed E-state index contributed by atoms with van der Waals surface area (Å²) in [6, 6.07) is 0. The Kier molecular flexibility index (Phi) is 275. The first-order valence-electron chi connectivity index (χ1n) is 0. The minimum atomic E-state index is 0. The molecule has 0 atom stereocenters. The first kappa shape index (κ1) is 46.9. The summed E-state index contributed by atoms with van der Waals surface area (Å²) in [5.74, 6) is 0. The zero-order valence-corrected chi connectivity index (χ0v) is 6.47. The molecule has 0 bridgehead atoms. The van der Waals surface area contributed by atoms with E-state index in [9.17, 15) is 0 Å². The standard InChI is InChI=1S/Al.ClH.H2O.Sn.5H/h;1H;1H2;;;;;;. The molecule has 4 heteroatoms. The number of rotatable bonds is 0. The molecule has 0 aliphatic rings. The summed E-state index contributed by atoms with van der Waals surface area (Å²) < 4.78 is 0. The van der Waals surface area contributed by atoms with Crippen LogP contribution in [0.3, 0.4) is 0 Å². The van der Waals surface area contributed by atoms with Crippen LogP contribution < -0.4 is 0 Å². The molecule has 0 unspecified atom stereocenters. The Labute approximate surface area is 59.0 Å². The third kappa shape index (κ3) is 9.54. The SMILES string of the molecule is Cl.O.[AlH3].[SnH2]. The maximum atomic E-state index is 0. The van der Waals surface area contributed by atoms with Gasteiger partial charge < -0.3 is 5.48 Å². The van der Waals surface area contributed by atoms with Crippen LogP contribution in [-0.2, 0) is 0 Å². The monoisotopic (exact) mass is 206 g/mol. The maximum absolute atomic E-state index is 0. The van der Waals surface area contributed by atoms with E-state index < -0.39 is 0 Å². The van der Waals surface area contributed by atoms with Crippen LogP contribution in [0.15, 0.2) is 0 Å². The Morgan fingerprint density at radius 3 is 1.00 bits per heavy atom. The van der Waals surface area contributed by atoms with Crippen molar-refractivity contribution in [2.75, 3.05) is 0 Å². The molecule has 1 nitrogen and oxygen atoms in total. The molecular weight excluding hydrogens is 197 g/mol. The van der Waals surface area contributed by atoms with Gasteiger partial charge in [0.25, 0.3) is 0 Å². The summed E-state index contributed by atoms with van der Waals surface area (Å²) in [6.45, 7) is 0. The molecule has 0 aliphatic carbocycles. The molecule has 0 fully saturated rings. The van der Waals surface area contributed by atoms with Crippen LogP contribution in [0, 0.1) is 0 Å². The van der Waals surface area contributed by atoms with Gasteiger partial charge >= 0.3 is 23.9 Å². The molecule has 4 heavy (non-hydrogen) atoms. The van der Waals surface area contributed by atoms with Crippen molar-refractivity contribution in [1.82, 2.24) is 0 Å². The molecule has 2 N–H and O–H groups in total. The van der Waals surface area contributed by atoms with E-state index in [1.807, 2.05) is 0 Å². The first-order valence-corrected chi connectivity index (χ1v) is 0. The Hall–Kier alpha value is 1.58. The van der Waals surface area contributed by atoms with Gasteiger partial charge in [0.2, 0.25) is 0 Å². The minimum absolute atomic E-state index is 0. The predicted molar refractivity (Wildman–Crippen MR) is 29.3 cm³/mol. The Morgan fingerprint density at radius 2 is 1.00 bits per heavy atom. The second kappa shape index (κ2) is 23.5. The van der Waals surface area contributed by atoms with Gasteiger partial charge in [0.15, 0.2) is 17.4 Å². The van der Waals surface area contributed by atoms with Crippen molar-refractivity contribution in [2.45, 2.75) is 0 Å². The third-order valence-electron chi connectivity index (χ3n) is 0. The molecule has 0 spiro atoms. The van der Waals surface area contributed by atoms with Gasteiger partial charge in [-0.1, -0.05) is 0 Å². The average molecular weight is 205 g/mol. The topological polar surface area (TPSA) is 31.5 Å². The second-order valence-electron chi connectivity index (χ2n) is 0. The molecule has 0 rings (SSSR count). The normalized spacial score (nSPS) is 0. The van der Waals surface area contributed by atoms with Crippen molar-refractivity contribution in [1.29, 1.82) is 0 Å². The van der Waals surface area contributed by atoms with Gasteiger partial charge in [-0.05, 0) is 0 Å². The average Bonchev–Trinajstić information content (AvgIpc) is 0. The van der Waals surface area contributed by atoms with E-state index in [-0.39, 0.29) is 59.2 Å². The molecule has 0 amide bonds. The van der Waals surface area contributed by atoms with Crippen LogP contribution in [0.4, 0.5) is 0 Å². The van der Waals surface area contributed by atoms with E-state index in [0.29, 0.717) is 0 Å². The summed E-state index contributed by atoms with van der Waals surface area (Å²) in [5.41, 5.74) is 0. The number of halogens is 1. The van der Waals surface area contributed by atoms with Gasteiger partial charge in [0.05, 0.1) is 0 Å². The fourth-order valence-corrected chi connectivity index (χ4v) is 0. The van der Waals surface area contributed by atoms with Crippen LogP contribution in [0.2, 0.25) is 0 Å². The summed E-state index contributed by atoms with van der Waals surface area (Å²) in [7, 11) is 0. The van der Waals surface area contributed by atoms with E-state index >= 15 is 0 Å². The zero-order chi connectivity index (χ0) is 0. The summed E-state index contributed by atoms with van der Waals surface area (Å²) in [4.78, 5) is 0. The molecular formula is H8AlClOSn. The van der Waals surface area contributed by atoms with Crippen LogP contribution in [0.25, 0.3) is 0 Å². The summed E-state index contributed by atoms with van der Waals surface area (Å²) in [6.07, 6.45) is 0. The van der Waals surface area contributed by atoms with Crippen molar-refractivity contribution < 1.29 is 5.48 Å². The van der Waals surface area contributed by atoms with Gasteiger partial charge in [0.1, 0.15) is 0 Å². The molecule has 0 saturated carbocycles. The summed E-state index contributed by atoms with van der Waals surface area (Å²) >= 11 is 0. The number of hydrogen-bond donors (Lipinski definition) is 0. The second-order valence-corrected chi connectivity index (χ2v) is 0. The van der Waals surface area contributed by atoms with E-state index in [0.717, 1.165) is 0 Å². The van der Waals surface area contributed by atoms with Gasteiger partial charge in [-0.25, -0.2) is 0 Å². The van der Waals surface area contributed by atoms with Crippen molar-refractivity contribution in [3.05, 3.63) is 0 Å².